The maximum atomic E-state index is 9.36. The second-order valence-electron chi connectivity index (χ2n) is 3.58. The molecule has 0 radical (unpaired) electrons. The second kappa shape index (κ2) is 6.37. The van der Waals surface area contributed by atoms with Gasteiger partial charge in [-0.1, -0.05) is 18.5 Å². The number of aliphatic hydroxyl groups excluding tert-OH is 1. The zero-order valence-electron chi connectivity index (χ0n) is 9.20. The molecule has 0 spiro atoms. The Morgan fingerprint density at radius 3 is 2.88 bits per heavy atom. The van der Waals surface area contributed by atoms with Gasteiger partial charge in [-0.05, 0) is 31.0 Å². The van der Waals surface area contributed by atoms with Crippen LogP contribution >= 0.6 is 11.6 Å². The van der Waals surface area contributed by atoms with Crippen LogP contribution in [0.1, 0.15) is 25.3 Å². The first-order valence-electron chi connectivity index (χ1n) is 5.29. The quantitative estimate of drug-likeness (QED) is 0.830. The number of nitrogens with one attached hydrogen (secondary N) is 1. The Hall–Kier alpha value is -1.24. The monoisotopic (exact) mass is 238 g/mol. The fraction of sp³-hybridized carbons (Fsp3) is 0.417. The minimum Gasteiger partial charge on any atom is -0.393 e. The zero-order valence-corrected chi connectivity index (χ0v) is 9.96. The van der Waals surface area contributed by atoms with Crippen LogP contribution in [0, 0.1) is 11.3 Å². The molecule has 4 heteroatoms. The van der Waals surface area contributed by atoms with Crippen LogP contribution in [-0.2, 0) is 0 Å². The number of hydrogen-bond donors (Lipinski definition) is 2. The summed E-state index contributed by atoms with van der Waals surface area (Å²) in [7, 11) is 0. The Morgan fingerprint density at radius 2 is 2.31 bits per heavy atom. The van der Waals surface area contributed by atoms with E-state index in [-0.39, 0.29) is 6.10 Å². The average Bonchev–Trinajstić information content (AvgIpc) is 2.29. The molecule has 0 aliphatic carbocycles. The Labute approximate surface area is 101 Å². The average molecular weight is 239 g/mol. The molecular weight excluding hydrogens is 224 g/mol. The van der Waals surface area contributed by atoms with Gasteiger partial charge in [0.2, 0.25) is 0 Å². The molecule has 1 rings (SSSR count). The molecule has 0 fully saturated rings. The van der Waals surface area contributed by atoms with Crippen molar-refractivity contribution in [1.82, 2.24) is 0 Å². The molecule has 1 atom stereocenters. The number of nitrogens with zero attached hydrogens (tertiary/aromatic N) is 1. The molecule has 0 heterocycles. The smallest absolute Gasteiger partial charge is 0.101 e. The van der Waals surface area contributed by atoms with Crippen molar-refractivity contribution in [3.63, 3.8) is 0 Å². The van der Waals surface area contributed by atoms with Gasteiger partial charge in [-0.3, -0.25) is 0 Å². The van der Waals surface area contributed by atoms with Crippen molar-refractivity contribution in [2.45, 2.75) is 25.9 Å². The Balaban J connectivity index is 2.50. The van der Waals surface area contributed by atoms with Crippen LogP contribution in [0.15, 0.2) is 18.2 Å². The van der Waals surface area contributed by atoms with Gasteiger partial charge in [0, 0.05) is 12.2 Å². The van der Waals surface area contributed by atoms with E-state index in [9.17, 15) is 5.11 Å². The standard InChI is InChI=1S/C12H15ClN2O/c1-2-11(16)5-6-15-10-4-3-9(8-14)12(13)7-10/h3-4,7,11,15-16H,2,5-6H2,1H3. The van der Waals surface area contributed by atoms with Crippen molar-refractivity contribution in [3.8, 4) is 6.07 Å². The van der Waals surface area contributed by atoms with Gasteiger partial charge in [0.05, 0.1) is 16.7 Å². The van der Waals surface area contributed by atoms with Gasteiger partial charge in [0.1, 0.15) is 6.07 Å². The fourth-order valence-corrected chi connectivity index (χ4v) is 1.53. The first-order chi connectivity index (χ1) is 7.67. The molecule has 16 heavy (non-hydrogen) atoms. The third kappa shape index (κ3) is 3.73. The van der Waals surface area contributed by atoms with Gasteiger partial charge in [-0.25, -0.2) is 0 Å². The SMILES string of the molecule is CCC(O)CCNc1ccc(C#N)c(Cl)c1. The number of nitriles is 1. The molecule has 0 aliphatic heterocycles. The third-order valence-corrected chi connectivity index (χ3v) is 2.68. The summed E-state index contributed by atoms with van der Waals surface area (Å²) in [5, 5.41) is 21.7. The van der Waals surface area contributed by atoms with Crippen LogP contribution in [0.2, 0.25) is 5.02 Å². The highest BCUT2D eigenvalue weighted by molar-refractivity contribution is 6.32. The number of hydrogen-bond acceptors (Lipinski definition) is 3. The molecule has 3 nitrogen and oxygen atoms in total. The van der Waals surface area contributed by atoms with Gasteiger partial charge in [-0.2, -0.15) is 5.26 Å². The number of halogens is 1. The van der Waals surface area contributed by atoms with Crippen LogP contribution in [0.25, 0.3) is 0 Å². The summed E-state index contributed by atoms with van der Waals surface area (Å²) in [5.41, 5.74) is 1.34. The molecular formula is C12H15ClN2O. The molecule has 0 aromatic heterocycles. The number of aliphatic hydroxyl groups is 1. The van der Waals surface area contributed by atoms with Crippen molar-refractivity contribution < 1.29 is 5.11 Å². The lowest BCUT2D eigenvalue weighted by Crippen LogP contribution is -2.12. The molecule has 0 bridgehead atoms. The van der Waals surface area contributed by atoms with E-state index in [0.717, 1.165) is 12.1 Å². The Kier molecular flexibility index (Phi) is 5.10. The van der Waals surface area contributed by atoms with Gasteiger partial charge in [0.25, 0.3) is 0 Å². The first-order valence-corrected chi connectivity index (χ1v) is 5.66. The molecule has 1 aromatic rings. The summed E-state index contributed by atoms with van der Waals surface area (Å²) in [6.45, 7) is 2.64. The van der Waals surface area contributed by atoms with Crippen molar-refractivity contribution in [2.24, 2.45) is 0 Å². The van der Waals surface area contributed by atoms with Crippen LogP contribution in [0.4, 0.5) is 5.69 Å². The van der Waals surface area contributed by atoms with Crippen LogP contribution in [0.3, 0.4) is 0 Å². The number of rotatable bonds is 5. The maximum Gasteiger partial charge on any atom is 0.101 e. The Bertz CT molecular complexity index is 387. The Morgan fingerprint density at radius 1 is 1.56 bits per heavy atom. The lowest BCUT2D eigenvalue weighted by molar-refractivity contribution is 0.164. The molecule has 0 aliphatic rings. The van der Waals surface area contributed by atoms with Crippen LogP contribution in [-0.4, -0.2) is 17.8 Å². The van der Waals surface area contributed by atoms with Gasteiger partial charge < -0.3 is 10.4 Å². The first kappa shape index (κ1) is 12.8. The molecule has 1 unspecified atom stereocenters. The summed E-state index contributed by atoms with van der Waals surface area (Å²) in [6.07, 6.45) is 1.20. The predicted octanol–water partition coefficient (Wildman–Crippen LogP) is 2.78. The molecule has 0 saturated carbocycles. The van der Waals surface area contributed by atoms with Gasteiger partial charge >= 0.3 is 0 Å². The molecule has 0 saturated heterocycles. The van der Waals surface area contributed by atoms with E-state index in [1.807, 2.05) is 19.1 Å². The topological polar surface area (TPSA) is 56.0 Å². The lowest BCUT2D eigenvalue weighted by atomic mass is 10.2. The highest BCUT2D eigenvalue weighted by Crippen LogP contribution is 2.20. The number of anilines is 1. The summed E-state index contributed by atoms with van der Waals surface area (Å²) in [6, 6.07) is 7.22. The fourth-order valence-electron chi connectivity index (χ4n) is 1.30. The molecule has 1 aromatic carbocycles. The van der Waals surface area contributed by atoms with Crippen molar-refractivity contribution >= 4 is 17.3 Å². The summed E-state index contributed by atoms with van der Waals surface area (Å²) in [4.78, 5) is 0. The largest absolute Gasteiger partial charge is 0.393 e. The highest BCUT2D eigenvalue weighted by Gasteiger charge is 2.02. The van der Waals surface area contributed by atoms with E-state index in [1.54, 1.807) is 12.1 Å². The number of benzene rings is 1. The van der Waals surface area contributed by atoms with Crippen molar-refractivity contribution in [1.29, 1.82) is 5.26 Å². The summed E-state index contributed by atoms with van der Waals surface area (Å²) in [5.74, 6) is 0. The summed E-state index contributed by atoms with van der Waals surface area (Å²) >= 11 is 5.89. The second-order valence-corrected chi connectivity index (χ2v) is 3.99. The lowest BCUT2D eigenvalue weighted by Gasteiger charge is -2.10. The van der Waals surface area contributed by atoms with E-state index in [1.165, 1.54) is 0 Å². The maximum absolute atomic E-state index is 9.36. The van der Waals surface area contributed by atoms with E-state index >= 15 is 0 Å². The third-order valence-electron chi connectivity index (χ3n) is 2.37. The van der Waals surface area contributed by atoms with Crippen LogP contribution in [0.5, 0.6) is 0 Å². The van der Waals surface area contributed by atoms with Crippen LogP contribution < -0.4 is 5.32 Å². The normalized spacial score (nSPS) is 11.9. The molecule has 86 valence electrons. The molecule has 2 N–H and O–H groups in total. The highest BCUT2D eigenvalue weighted by atomic mass is 35.5. The molecule has 0 amide bonds. The van der Waals surface area contributed by atoms with Crippen molar-refractivity contribution in [3.05, 3.63) is 28.8 Å². The van der Waals surface area contributed by atoms with E-state index in [0.29, 0.717) is 23.6 Å². The predicted molar refractivity (Wildman–Crippen MR) is 65.6 cm³/mol. The zero-order chi connectivity index (χ0) is 12.0. The van der Waals surface area contributed by atoms with Gasteiger partial charge in [0.15, 0.2) is 0 Å². The van der Waals surface area contributed by atoms with Gasteiger partial charge in [-0.15, -0.1) is 0 Å². The van der Waals surface area contributed by atoms with E-state index in [4.69, 9.17) is 16.9 Å². The van der Waals surface area contributed by atoms with Crippen molar-refractivity contribution in [2.75, 3.05) is 11.9 Å². The summed E-state index contributed by atoms with van der Waals surface area (Å²) < 4.78 is 0. The van der Waals surface area contributed by atoms with E-state index in [2.05, 4.69) is 5.32 Å². The minimum atomic E-state index is -0.263. The minimum absolute atomic E-state index is 0.263. The van der Waals surface area contributed by atoms with E-state index < -0.39 is 0 Å².